The first-order valence-corrected chi connectivity index (χ1v) is 7.58. The van der Waals surface area contributed by atoms with Crippen molar-refractivity contribution in [1.29, 1.82) is 0 Å². The van der Waals surface area contributed by atoms with Gasteiger partial charge in [-0.15, -0.1) is 0 Å². The number of fused-ring (bicyclic) bond motifs is 1. The average molecular weight is 311 g/mol. The van der Waals surface area contributed by atoms with Crippen LogP contribution in [0.5, 0.6) is 5.75 Å². The summed E-state index contributed by atoms with van der Waals surface area (Å²) in [6.45, 7) is 4.66. The molecule has 1 aromatic heterocycles. The molecule has 0 amide bonds. The number of aromatic hydroxyl groups is 1. The molecule has 23 heavy (non-hydrogen) atoms. The number of phenolic OH excluding ortho intramolecular Hbond substituents is 1. The monoisotopic (exact) mass is 311 g/mol. The van der Waals surface area contributed by atoms with Gasteiger partial charge in [0.1, 0.15) is 11.6 Å². The topological polar surface area (TPSA) is 42.2 Å². The van der Waals surface area contributed by atoms with Crippen molar-refractivity contribution in [2.24, 2.45) is 5.92 Å². The first kappa shape index (κ1) is 15.3. The van der Waals surface area contributed by atoms with Crippen LogP contribution in [0.15, 0.2) is 53.5 Å². The zero-order valence-electron chi connectivity index (χ0n) is 13.1. The Kier molecular flexibility index (Phi) is 3.90. The summed E-state index contributed by atoms with van der Waals surface area (Å²) in [5.74, 6) is 0.0520. The Balaban J connectivity index is 2.36. The number of phenols is 1. The first-order chi connectivity index (χ1) is 11.0. The van der Waals surface area contributed by atoms with Gasteiger partial charge in [0.2, 0.25) is 0 Å². The van der Waals surface area contributed by atoms with E-state index in [0.717, 1.165) is 5.56 Å². The van der Waals surface area contributed by atoms with Gasteiger partial charge in [0.25, 0.3) is 5.56 Å². The molecule has 4 heteroatoms. The molecule has 2 aromatic carbocycles. The predicted molar refractivity (Wildman–Crippen MR) is 90.1 cm³/mol. The molecule has 1 N–H and O–H groups in total. The summed E-state index contributed by atoms with van der Waals surface area (Å²) in [6, 6.07) is 10.9. The van der Waals surface area contributed by atoms with Crippen LogP contribution < -0.4 is 5.56 Å². The van der Waals surface area contributed by atoms with Crippen molar-refractivity contribution in [3.63, 3.8) is 0 Å². The van der Waals surface area contributed by atoms with Gasteiger partial charge in [0.05, 0.1) is 0 Å². The number of halogens is 1. The van der Waals surface area contributed by atoms with Gasteiger partial charge in [-0.3, -0.25) is 4.79 Å². The lowest BCUT2D eigenvalue weighted by Crippen LogP contribution is -2.22. The fourth-order valence-electron chi connectivity index (χ4n) is 2.80. The summed E-state index contributed by atoms with van der Waals surface area (Å²) in [7, 11) is 0. The Morgan fingerprint density at radius 2 is 1.91 bits per heavy atom. The van der Waals surface area contributed by atoms with Crippen LogP contribution in [0.1, 0.15) is 13.8 Å². The van der Waals surface area contributed by atoms with Crippen LogP contribution in [-0.4, -0.2) is 9.67 Å². The zero-order chi connectivity index (χ0) is 16.6. The summed E-state index contributed by atoms with van der Waals surface area (Å²) in [6.07, 6.45) is 1.75. The highest BCUT2D eigenvalue weighted by Crippen LogP contribution is 2.29. The second-order valence-electron chi connectivity index (χ2n) is 6.13. The van der Waals surface area contributed by atoms with Crippen molar-refractivity contribution in [2.75, 3.05) is 0 Å². The average Bonchev–Trinajstić information content (AvgIpc) is 2.49. The molecule has 1 heterocycles. The number of benzene rings is 2. The van der Waals surface area contributed by atoms with Gasteiger partial charge in [0.15, 0.2) is 0 Å². The molecule has 0 saturated carbocycles. The number of nitrogens with zero attached hydrogens (tertiary/aromatic N) is 1. The Morgan fingerprint density at radius 3 is 2.61 bits per heavy atom. The van der Waals surface area contributed by atoms with Crippen LogP contribution in [-0.2, 0) is 6.54 Å². The standard InChI is InChI=1S/C19H18FNO2/c1-12(2)10-21-11-18(13-4-3-5-14(20)8-13)17-9-15(22)6-7-16(17)19(21)23/h3-9,11-12,22H,10H2,1-2H3. The molecular weight excluding hydrogens is 293 g/mol. The molecule has 0 aliphatic heterocycles. The number of pyridine rings is 1. The summed E-state index contributed by atoms with van der Waals surface area (Å²) in [5, 5.41) is 10.9. The maximum Gasteiger partial charge on any atom is 0.258 e. The minimum Gasteiger partial charge on any atom is -0.508 e. The van der Waals surface area contributed by atoms with Crippen LogP contribution in [0.2, 0.25) is 0 Å². The first-order valence-electron chi connectivity index (χ1n) is 7.58. The normalized spacial score (nSPS) is 11.3. The summed E-state index contributed by atoms with van der Waals surface area (Å²) in [4.78, 5) is 12.6. The van der Waals surface area contributed by atoms with Crippen molar-refractivity contribution in [1.82, 2.24) is 4.57 Å². The molecule has 0 atom stereocenters. The van der Waals surface area contributed by atoms with Gasteiger partial charge < -0.3 is 9.67 Å². The minimum absolute atomic E-state index is 0.0798. The fourth-order valence-corrected chi connectivity index (χ4v) is 2.80. The molecule has 0 aliphatic carbocycles. The molecule has 0 fully saturated rings. The SMILES string of the molecule is CC(C)Cn1cc(-c2cccc(F)c2)c2cc(O)ccc2c1=O. The van der Waals surface area contributed by atoms with E-state index in [1.807, 2.05) is 13.8 Å². The third-order valence-corrected chi connectivity index (χ3v) is 3.77. The third-order valence-electron chi connectivity index (χ3n) is 3.77. The Hall–Kier alpha value is -2.62. The molecule has 0 radical (unpaired) electrons. The van der Waals surface area contributed by atoms with E-state index in [2.05, 4.69) is 0 Å². The van der Waals surface area contributed by atoms with Crippen LogP contribution in [0.25, 0.3) is 21.9 Å². The van der Waals surface area contributed by atoms with Crippen molar-refractivity contribution in [3.05, 3.63) is 64.8 Å². The highest BCUT2D eigenvalue weighted by Gasteiger charge is 2.12. The predicted octanol–water partition coefficient (Wildman–Crippen LogP) is 4.17. The maximum atomic E-state index is 13.6. The van der Waals surface area contributed by atoms with Gasteiger partial charge in [-0.25, -0.2) is 4.39 Å². The Morgan fingerprint density at radius 1 is 1.13 bits per heavy atom. The molecule has 0 saturated heterocycles. The molecule has 0 bridgehead atoms. The van der Waals surface area contributed by atoms with Crippen molar-refractivity contribution >= 4 is 10.8 Å². The minimum atomic E-state index is -0.336. The van der Waals surface area contributed by atoms with Gasteiger partial charge >= 0.3 is 0 Å². The Bertz CT molecular complexity index is 928. The van der Waals surface area contributed by atoms with Gasteiger partial charge in [0, 0.05) is 29.1 Å². The van der Waals surface area contributed by atoms with Gasteiger partial charge in [-0.2, -0.15) is 0 Å². The van der Waals surface area contributed by atoms with E-state index >= 15 is 0 Å². The summed E-state index contributed by atoms with van der Waals surface area (Å²) >= 11 is 0. The van der Waals surface area contributed by atoms with Crippen LogP contribution in [0.4, 0.5) is 4.39 Å². The molecule has 118 valence electrons. The number of aromatic nitrogens is 1. The molecule has 0 aliphatic rings. The van der Waals surface area contributed by atoms with Crippen LogP contribution in [0, 0.1) is 11.7 Å². The third kappa shape index (κ3) is 2.97. The van der Waals surface area contributed by atoms with Crippen LogP contribution in [0.3, 0.4) is 0 Å². The molecule has 3 rings (SSSR count). The van der Waals surface area contributed by atoms with Gasteiger partial charge in [-0.05, 0) is 41.8 Å². The van der Waals surface area contributed by atoms with Crippen molar-refractivity contribution in [3.8, 4) is 16.9 Å². The second kappa shape index (κ2) is 5.88. The number of hydrogen-bond acceptors (Lipinski definition) is 2. The maximum absolute atomic E-state index is 13.6. The van der Waals surface area contributed by atoms with E-state index < -0.39 is 0 Å². The largest absolute Gasteiger partial charge is 0.508 e. The van der Waals surface area contributed by atoms with E-state index in [1.54, 1.807) is 35.0 Å². The van der Waals surface area contributed by atoms with E-state index in [1.165, 1.54) is 18.2 Å². The fraction of sp³-hybridized carbons (Fsp3) is 0.211. The van der Waals surface area contributed by atoms with Crippen molar-refractivity contribution < 1.29 is 9.50 Å². The lowest BCUT2D eigenvalue weighted by Gasteiger charge is -2.14. The van der Waals surface area contributed by atoms with E-state index in [0.29, 0.717) is 28.8 Å². The van der Waals surface area contributed by atoms with Crippen molar-refractivity contribution in [2.45, 2.75) is 20.4 Å². The van der Waals surface area contributed by atoms with E-state index in [4.69, 9.17) is 0 Å². The van der Waals surface area contributed by atoms with E-state index in [-0.39, 0.29) is 17.1 Å². The quantitative estimate of drug-likeness (QED) is 0.789. The molecule has 0 unspecified atom stereocenters. The second-order valence-corrected chi connectivity index (χ2v) is 6.13. The van der Waals surface area contributed by atoms with Gasteiger partial charge in [-0.1, -0.05) is 26.0 Å². The molecule has 0 spiro atoms. The lowest BCUT2D eigenvalue weighted by atomic mass is 10.00. The number of rotatable bonds is 3. The molecular formula is C19H18FNO2. The number of hydrogen-bond donors (Lipinski definition) is 1. The summed E-state index contributed by atoms with van der Waals surface area (Å²) < 4.78 is 15.3. The summed E-state index contributed by atoms with van der Waals surface area (Å²) in [5.41, 5.74) is 1.31. The highest BCUT2D eigenvalue weighted by molar-refractivity contribution is 5.96. The highest BCUT2D eigenvalue weighted by atomic mass is 19.1. The van der Waals surface area contributed by atoms with E-state index in [9.17, 15) is 14.3 Å². The van der Waals surface area contributed by atoms with Crippen LogP contribution >= 0.6 is 0 Å². The lowest BCUT2D eigenvalue weighted by molar-refractivity contribution is 0.476. The zero-order valence-corrected chi connectivity index (χ0v) is 13.1. The smallest absolute Gasteiger partial charge is 0.258 e. The molecule has 3 nitrogen and oxygen atoms in total. The Labute approximate surface area is 133 Å². The molecule has 3 aromatic rings.